The fourth-order valence-corrected chi connectivity index (χ4v) is 4.17. The second-order valence-corrected chi connectivity index (χ2v) is 7.66. The minimum atomic E-state index is -0.0863. The van der Waals surface area contributed by atoms with Crippen molar-refractivity contribution in [1.29, 1.82) is 0 Å². The summed E-state index contributed by atoms with van der Waals surface area (Å²) >= 11 is 0. The molecule has 28 heavy (non-hydrogen) atoms. The lowest BCUT2D eigenvalue weighted by atomic mass is 9.88. The number of nitrogens with one attached hydrogen (secondary N) is 1. The van der Waals surface area contributed by atoms with Crippen molar-refractivity contribution in [3.8, 4) is 11.5 Å². The normalized spacial score (nSPS) is 21.6. The molecule has 7 nitrogen and oxygen atoms in total. The average molecular weight is 392 g/mol. The van der Waals surface area contributed by atoms with Crippen LogP contribution in [0.3, 0.4) is 0 Å². The molecule has 0 aliphatic carbocycles. The first-order valence-corrected chi connectivity index (χ1v) is 9.94. The van der Waals surface area contributed by atoms with Gasteiger partial charge in [0.1, 0.15) is 6.61 Å². The molecule has 7 heteroatoms. The molecule has 0 bridgehead atoms. The van der Waals surface area contributed by atoms with Crippen molar-refractivity contribution in [3.63, 3.8) is 0 Å². The quantitative estimate of drug-likeness (QED) is 0.730. The van der Waals surface area contributed by atoms with Gasteiger partial charge in [0.15, 0.2) is 11.5 Å². The summed E-state index contributed by atoms with van der Waals surface area (Å²) in [7, 11) is 4.84. The lowest BCUT2D eigenvalue weighted by Gasteiger charge is -2.39. The zero-order chi connectivity index (χ0) is 20.0. The van der Waals surface area contributed by atoms with Gasteiger partial charge in [0, 0.05) is 33.3 Å². The highest BCUT2D eigenvalue weighted by Gasteiger charge is 2.42. The number of hydrogen-bond acceptors (Lipinski definition) is 6. The Hall–Kier alpha value is -1.83. The first-order chi connectivity index (χ1) is 13.6. The molecule has 1 aromatic rings. The third-order valence-corrected chi connectivity index (χ3v) is 5.76. The van der Waals surface area contributed by atoms with E-state index in [9.17, 15) is 4.79 Å². The van der Waals surface area contributed by atoms with Gasteiger partial charge in [-0.05, 0) is 43.4 Å². The second kappa shape index (κ2) is 9.58. The lowest BCUT2D eigenvalue weighted by Crippen LogP contribution is -2.45. The molecule has 1 atom stereocenters. The summed E-state index contributed by atoms with van der Waals surface area (Å²) in [6.45, 7) is 3.59. The molecule has 0 unspecified atom stereocenters. The molecule has 2 aliphatic rings. The maximum Gasteiger partial charge on any atom is 0.246 e. The summed E-state index contributed by atoms with van der Waals surface area (Å²) in [5.74, 6) is 1.44. The average Bonchev–Trinajstić information content (AvgIpc) is 3.11. The smallest absolute Gasteiger partial charge is 0.246 e. The Morgan fingerprint density at radius 1 is 1.18 bits per heavy atom. The lowest BCUT2D eigenvalue weighted by molar-refractivity contribution is -0.126. The summed E-state index contributed by atoms with van der Waals surface area (Å²) in [5, 5.41) is 2.89. The second-order valence-electron chi connectivity index (χ2n) is 7.66. The minimum absolute atomic E-state index is 0.0231. The molecule has 0 aromatic heterocycles. The number of piperidine rings is 1. The molecule has 156 valence electrons. The van der Waals surface area contributed by atoms with Crippen LogP contribution in [0, 0.1) is 0 Å². The van der Waals surface area contributed by atoms with Crippen molar-refractivity contribution in [2.24, 2.45) is 0 Å². The van der Waals surface area contributed by atoms with Crippen molar-refractivity contribution in [2.45, 2.75) is 43.9 Å². The van der Waals surface area contributed by atoms with Crippen LogP contribution in [-0.2, 0) is 20.8 Å². The third-order valence-electron chi connectivity index (χ3n) is 5.76. The van der Waals surface area contributed by atoms with E-state index in [0.29, 0.717) is 6.54 Å². The number of benzene rings is 1. The highest BCUT2D eigenvalue weighted by atomic mass is 16.5. The molecule has 1 amide bonds. The minimum Gasteiger partial charge on any atom is -0.493 e. The molecule has 2 fully saturated rings. The Balaban J connectivity index is 1.46. The maximum atomic E-state index is 11.6. The van der Waals surface area contributed by atoms with Crippen LogP contribution >= 0.6 is 0 Å². The number of hydrogen-bond donors (Lipinski definition) is 1. The SMILES string of the molecule is COCC(=O)NC[C@H]1CCC2(CCN(Cc3ccc(OC)c(OC)c3)CC2)O1. The van der Waals surface area contributed by atoms with Crippen LogP contribution in [-0.4, -0.2) is 70.1 Å². The van der Waals surface area contributed by atoms with Crippen LogP contribution < -0.4 is 14.8 Å². The predicted molar refractivity (Wildman–Crippen MR) is 106 cm³/mol. The zero-order valence-electron chi connectivity index (χ0n) is 17.2. The number of likely N-dealkylation sites (tertiary alicyclic amines) is 1. The van der Waals surface area contributed by atoms with Crippen LogP contribution in [0.5, 0.6) is 11.5 Å². The fourth-order valence-electron chi connectivity index (χ4n) is 4.17. The Morgan fingerprint density at radius 2 is 1.93 bits per heavy atom. The molecular formula is C21H32N2O5. The van der Waals surface area contributed by atoms with E-state index in [4.69, 9.17) is 18.9 Å². The van der Waals surface area contributed by atoms with Gasteiger partial charge in [-0.15, -0.1) is 0 Å². The van der Waals surface area contributed by atoms with E-state index < -0.39 is 0 Å². The topological polar surface area (TPSA) is 69.3 Å². The molecule has 1 spiro atoms. The van der Waals surface area contributed by atoms with E-state index in [1.54, 1.807) is 14.2 Å². The van der Waals surface area contributed by atoms with Crippen molar-refractivity contribution in [1.82, 2.24) is 10.2 Å². The van der Waals surface area contributed by atoms with Crippen LogP contribution in [0.4, 0.5) is 0 Å². The number of rotatable bonds is 8. The molecular weight excluding hydrogens is 360 g/mol. The Kier molecular flexibility index (Phi) is 7.15. The van der Waals surface area contributed by atoms with Gasteiger partial charge in [-0.2, -0.15) is 0 Å². The number of amides is 1. The molecule has 1 aromatic carbocycles. The van der Waals surface area contributed by atoms with E-state index in [0.717, 1.165) is 56.8 Å². The molecule has 2 heterocycles. The summed E-state index contributed by atoms with van der Waals surface area (Å²) in [5.41, 5.74) is 1.20. The van der Waals surface area contributed by atoms with Crippen molar-refractivity contribution >= 4 is 5.91 Å². The number of nitrogens with zero attached hydrogens (tertiary/aromatic N) is 1. The number of ether oxygens (including phenoxy) is 4. The summed E-state index contributed by atoms with van der Waals surface area (Å²) in [4.78, 5) is 14.0. The Bertz CT molecular complexity index is 658. The van der Waals surface area contributed by atoms with Gasteiger partial charge >= 0.3 is 0 Å². The van der Waals surface area contributed by atoms with Gasteiger partial charge in [-0.1, -0.05) is 6.07 Å². The van der Waals surface area contributed by atoms with E-state index in [1.165, 1.54) is 12.7 Å². The largest absolute Gasteiger partial charge is 0.493 e. The summed E-state index contributed by atoms with van der Waals surface area (Å²) in [6, 6.07) is 6.10. The van der Waals surface area contributed by atoms with Crippen LogP contribution in [0.25, 0.3) is 0 Å². The third kappa shape index (κ3) is 5.16. The van der Waals surface area contributed by atoms with Gasteiger partial charge in [0.25, 0.3) is 0 Å². The van der Waals surface area contributed by atoms with Crippen LogP contribution in [0.1, 0.15) is 31.2 Å². The standard InChI is InChI=1S/C21H32N2O5/c1-25-15-20(24)22-13-17-6-7-21(28-17)8-10-23(11-9-21)14-16-4-5-18(26-2)19(12-16)27-3/h4-5,12,17H,6-11,13-15H2,1-3H3,(H,22,24)/t17-/m1/s1. The van der Waals surface area contributed by atoms with Crippen LogP contribution in [0.15, 0.2) is 18.2 Å². The highest BCUT2D eigenvalue weighted by molar-refractivity contribution is 5.77. The number of carbonyl (C=O) groups is 1. The van der Waals surface area contributed by atoms with Gasteiger partial charge in [0.2, 0.25) is 5.91 Å². The first-order valence-electron chi connectivity index (χ1n) is 9.94. The molecule has 2 saturated heterocycles. The van der Waals surface area contributed by atoms with Gasteiger partial charge in [-0.3, -0.25) is 9.69 Å². The fraction of sp³-hybridized carbons (Fsp3) is 0.667. The Labute approximate surface area is 167 Å². The first kappa shape index (κ1) is 20.9. The molecule has 1 N–H and O–H groups in total. The van der Waals surface area contributed by atoms with E-state index in [-0.39, 0.29) is 24.2 Å². The van der Waals surface area contributed by atoms with Crippen LogP contribution in [0.2, 0.25) is 0 Å². The molecule has 0 radical (unpaired) electrons. The van der Waals surface area contributed by atoms with Gasteiger partial charge < -0.3 is 24.3 Å². The number of carbonyl (C=O) groups excluding carboxylic acids is 1. The van der Waals surface area contributed by atoms with Gasteiger partial charge in [0.05, 0.1) is 25.9 Å². The molecule has 2 aliphatic heterocycles. The molecule has 0 saturated carbocycles. The van der Waals surface area contributed by atoms with Crippen molar-refractivity contribution in [3.05, 3.63) is 23.8 Å². The Morgan fingerprint density at radius 3 is 2.61 bits per heavy atom. The van der Waals surface area contributed by atoms with E-state index in [1.807, 2.05) is 12.1 Å². The summed E-state index contributed by atoms with van der Waals surface area (Å²) in [6.07, 6.45) is 4.24. The molecule has 3 rings (SSSR count). The van der Waals surface area contributed by atoms with Crippen molar-refractivity contribution in [2.75, 3.05) is 47.6 Å². The highest BCUT2D eigenvalue weighted by Crippen LogP contribution is 2.39. The predicted octanol–water partition coefficient (Wildman–Crippen LogP) is 1.98. The van der Waals surface area contributed by atoms with E-state index >= 15 is 0 Å². The number of methoxy groups -OCH3 is 3. The zero-order valence-corrected chi connectivity index (χ0v) is 17.2. The van der Waals surface area contributed by atoms with Crippen molar-refractivity contribution < 1.29 is 23.7 Å². The maximum absolute atomic E-state index is 11.6. The van der Waals surface area contributed by atoms with Gasteiger partial charge in [-0.25, -0.2) is 0 Å². The summed E-state index contributed by atoms with van der Waals surface area (Å²) < 4.78 is 21.9. The van der Waals surface area contributed by atoms with E-state index in [2.05, 4.69) is 16.3 Å². The monoisotopic (exact) mass is 392 g/mol.